The Labute approximate surface area is 179 Å². The highest BCUT2D eigenvalue weighted by Gasteiger charge is 2.38. The second kappa shape index (κ2) is 7.72. The Morgan fingerprint density at radius 1 is 1.07 bits per heavy atom. The molecule has 2 aromatic heterocycles. The van der Waals surface area contributed by atoms with Gasteiger partial charge in [0.2, 0.25) is 11.8 Å². The van der Waals surface area contributed by atoms with Crippen molar-refractivity contribution in [3.8, 4) is 0 Å². The van der Waals surface area contributed by atoms with Gasteiger partial charge in [-0.05, 0) is 43.2 Å². The summed E-state index contributed by atoms with van der Waals surface area (Å²) in [7, 11) is 0. The van der Waals surface area contributed by atoms with Crippen molar-refractivity contribution in [1.29, 1.82) is 0 Å². The molecule has 0 bridgehead atoms. The fourth-order valence-electron chi connectivity index (χ4n) is 4.52. The average molecular weight is 424 g/mol. The van der Waals surface area contributed by atoms with Crippen molar-refractivity contribution in [2.24, 2.45) is 5.92 Å². The summed E-state index contributed by atoms with van der Waals surface area (Å²) < 4.78 is 2.03. The van der Waals surface area contributed by atoms with Gasteiger partial charge in [0, 0.05) is 48.9 Å². The van der Waals surface area contributed by atoms with Crippen LogP contribution < -0.4 is 4.90 Å². The number of pyridine rings is 1. The molecule has 0 N–H and O–H groups in total. The molecule has 30 heavy (non-hydrogen) atoms. The summed E-state index contributed by atoms with van der Waals surface area (Å²) in [5.41, 5.74) is 1.59. The summed E-state index contributed by atoms with van der Waals surface area (Å²) in [6.45, 7) is 1.76. The minimum absolute atomic E-state index is 0.0274. The number of carbonyl (C=O) groups is 2. The summed E-state index contributed by atoms with van der Waals surface area (Å²) in [6.07, 6.45) is 3.93. The smallest absolute Gasteiger partial charge is 0.228 e. The molecule has 2 amide bonds. The van der Waals surface area contributed by atoms with E-state index in [0.29, 0.717) is 24.7 Å². The van der Waals surface area contributed by atoms with Crippen LogP contribution in [0.25, 0.3) is 5.65 Å². The molecule has 7 nitrogen and oxygen atoms in total. The normalized spacial score (nSPS) is 20.3. The lowest BCUT2D eigenvalue weighted by Crippen LogP contribution is -2.42. The Morgan fingerprint density at radius 3 is 2.70 bits per heavy atom. The SMILES string of the molecule is O=C([C@@H]1CC(=O)N(c2cccc(Cl)c2)C1)N1CCC(c2nnc3ccccn23)CC1. The fourth-order valence-corrected chi connectivity index (χ4v) is 4.71. The highest BCUT2D eigenvalue weighted by atomic mass is 35.5. The van der Waals surface area contributed by atoms with E-state index in [2.05, 4.69) is 10.2 Å². The molecule has 154 valence electrons. The molecule has 5 rings (SSSR count). The van der Waals surface area contributed by atoms with Crippen LogP contribution in [0.3, 0.4) is 0 Å². The summed E-state index contributed by atoms with van der Waals surface area (Å²) in [6, 6.07) is 13.1. The van der Waals surface area contributed by atoms with Crippen molar-refractivity contribution in [2.75, 3.05) is 24.5 Å². The number of rotatable bonds is 3. The van der Waals surface area contributed by atoms with Gasteiger partial charge in [0.1, 0.15) is 5.82 Å². The van der Waals surface area contributed by atoms with Crippen LogP contribution >= 0.6 is 11.6 Å². The van der Waals surface area contributed by atoms with Gasteiger partial charge in [-0.25, -0.2) is 0 Å². The van der Waals surface area contributed by atoms with E-state index >= 15 is 0 Å². The highest BCUT2D eigenvalue weighted by molar-refractivity contribution is 6.31. The minimum atomic E-state index is -0.304. The first-order valence-electron chi connectivity index (χ1n) is 10.2. The third-order valence-corrected chi connectivity index (χ3v) is 6.34. The lowest BCUT2D eigenvalue weighted by molar-refractivity contribution is -0.136. The number of amides is 2. The lowest BCUT2D eigenvalue weighted by Gasteiger charge is -2.32. The van der Waals surface area contributed by atoms with Gasteiger partial charge >= 0.3 is 0 Å². The van der Waals surface area contributed by atoms with Crippen LogP contribution in [0.15, 0.2) is 48.7 Å². The van der Waals surface area contributed by atoms with Gasteiger partial charge in [-0.1, -0.05) is 23.7 Å². The summed E-state index contributed by atoms with van der Waals surface area (Å²) in [4.78, 5) is 29.2. The topological polar surface area (TPSA) is 70.8 Å². The maximum absolute atomic E-state index is 13.1. The molecule has 1 atom stereocenters. The predicted molar refractivity (Wildman–Crippen MR) is 113 cm³/mol. The van der Waals surface area contributed by atoms with Crippen molar-refractivity contribution in [2.45, 2.75) is 25.2 Å². The number of anilines is 1. The minimum Gasteiger partial charge on any atom is -0.342 e. The Kier molecular flexibility index (Phi) is 4.90. The molecule has 3 aromatic rings. The van der Waals surface area contributed by atoms with Crippen molar-refractivity contribution in [3.63, 3.8) is 0 Å². The second-order valence-corrected chi connectivity index (χ2v) is 8.41. The van der Waals surface area contributed by atoms with Crippen LogP contribution in [0, 0.1) is 5.92 Å². The van der Waals surface area contributed by atoms with E-state index in [1.165, 1.54) is 0 Å². The van der Waals surface area contributed by atoms with Crippen LogP contribution in [0.1, 0.15) is 31.0 Å². The van der Waals surface area contributed by atoms with E-state index in [1.807, 2.05) is 45.8 Å². The first-order valence-corrected chi connectivity index (χ1v) is 10.6. The zero-order chi connectivity index (χ0) is 20.7. The van der Waals surface area contributed by atoms with Crippen LogP contribution in [-0.2, 0) is 9.59 Å². The molecule has 0 radical (unpaired) electrons. The molecular weight excluding hydrogens is 402 g/mol. The summed E-state index contributed by atoms with van der Waals surface area (Å²) in [5.74, 6) is 0.973. The molecule has 4 heterocycles. The zero-order valence-electron chi connectivity index (χ0n) is 16.4. The number of hydrogen-bond acceptors (Lipinski definition) is 4. The third-order valence-electron chi connectivity index (χ3n) is 6.11. The van der Waals surface area contributed by atoms with Crippen LogP contribution in [0.4, 0.5) is 5.69 Å². The first-order chi connectivity index (χ1) is 14.6. The van der Waals surface area contributed by atoms with Crippen LogP contribution in [0.2, 0.25) is 5.02 Å². The molecule has 8 heteroatoms. The monoisotopic (exact) mass is 423 g/mol. The number of halogens is 1. The Balaban J connectivity index is 1.23. The van der Waals surface area contributed by atoms with Crippen molar-refractivity contribution < 1.29 is 9.59 Å². The van der Waals surface area contributed by atoms with Gasteiger partial charge in [0.25, 0.3) is 0 Å². The van der Waals surface area contributed by atoms with E-state index < -0.39 is 0 Å². The van der Waals surface area contributed by atoms with Crippen molar-refractivity contribution >= 4 is 34.7 Å². The maximum atomic E-state index is 13.1. The van der Waals surface area contributed by atoms with Gasteiger partial charge in [0.05, 0.1) is 5.92 Å². The van der Waals surface area contributed by atoms with E-state index in [0.717, 1.165) is 30.0 Å². The molecule has 2 aliphatic rings. The maximum Gasteiger partial charge on any atom is 0.228 e. The van der Waals surface area contributed by atoms with E-state index in [1.54, 1.807) is 17.0 Å². The van der Waals surface area contributed by atoms with E-state index in [-0.39, 0.29) is 30.1 Å². The third kappa shape index (κ3) is 3.43. The Hall–Kier alpha value is -2.93. The number of carbonyl (C=O) groups excluding carboxylic acids is 2. The largest absolute Gasteiger partial charge is 0.342 e. The Bertz CT molecular complexity index is 1110. The van der Waals surface area contributed by atoms with Gasteiger partial charge < -0.3 is 9.80 Å². The standard InChI is InChI=1S/C22H22ClN5O2/c23-17-4-3-5-18(13-17)28-14-16(12-20(28)29)22(30)26-10-7-15(8-11-26)21-25-24-19-6-1-2-9-27(19)21/h1-6,9,13,15-16H,7-8,10-12,14H2/t16-/m1/s1. The molecule has 1 aromatic carbocycles. The van der Waals surface area contributed by atoms with E-state index in [9.17, 15) is 9.59 Å². The van der Waals surface area contributed by atoms with Gasteiger partial charge in [-0.15, -0.1) is 10.2 Å². The fraction of sp³-hybridized carbons (Fsp3) is 0.364. The van der Waals surface area contributed by atoms with Crippen molar-refractivity contribution in [1.82, 2.24) is 19.5 Å². The number of aromatic nitrogens is 3. The zero-order valence-corrected chi connectivity index (χ0v) is 17.2. The average Bonchev–Trinajstić information content (AvgIpc) is 3.37. The van der Waals surface area contributed by atoms with Gasteiger partial charge in [0.15, 0.2) is 5.65 Å². The number of fused-ring (bicyclic) bond motifs is 1. The van der Waals surface area contributed by atoms with Gasteiger partial charge in [-0.2, -0.15) is 0 Å². The molecule has 2 fully saturated rings. The lowest BCUT2D eigenvalue weighted by atomic mass is 9.94. The van der Waals surface area contributed by atoms with Crippen molar-refractivity contribution in [3.05, 3.63) is 59.5 Å². The molecular formula is C22H22ClN5O2. The molecule has 0 aliphatic carbocycles. The van der Waals surface area contributed by atoms with Crippen LogP contribution in [-0.4, -0.2) is 50.9 Å². The number of benzene rings is 1. The molecule has 0 unspecified atom stereocenters. The number of nitrogens with zero attached hydrogens (tertiary/aromatic N) is 5. The number of piperidine rings is 1. The molecule has 0 saturated carbocycles. The van der Waals surface area contributed by atoms with Gasteiger partial charge in [-0.3, -0.25) is 14.0 Å². The highest BCUT2D eigenvalue weighted by Crippen LogP contribution is 2.31. The number of likely N-dealkylation sites (tertiary alicyclic amines) is 1. The van der Waals surface area contributed by atoms with Crippen LogP contribution in [0.5, 0.6) is 0 Å². The number of hydrogen-bond donors (Lipinski definition) is 0. The second-order valence-electron chi connectivity index (χ2n) is 7.97. The summed E-state index contributed by atoms with van der Waals surface area (Å²) >= 11 is 6.06. The quantitative estimate of drug-likeness (QED) is 0.648. The Morgan fingerprint density at radius 2 is 1.90 bits per heavy atom. The molecule has 0 spiro atoms. The van der Waals surface area contributed by atoms with E-state index in [4.69, 9.17) is 11.6 Å². The first kappa shape index (κ1) is 19.1. The molecule has 2 aliphatic heterocycles. The molecule has 2 saturated heterocycles. The predicted octanol–water partition coefficient (Wildman–Crippen LogP) is 3.14. The summed E-state index contributed by atoms with van der Waals surface area (Å²) in [5, 5.41) is 9.20.